The van der Waals surface area contributed by atoms with Crippen molar-refractivity contribution in [3.05, 3.63) is 89.5 Å². The van der Waals surface area contributed by atoms with Crippen molar-refractivity contribution in [3.8, 4) is 0 Å². The van der Waals surface area contributed by atoms with Crippen molar-refractivity contribution >= 4 is 27.3 Å². The molecule has 0 radical (unpaired) electrons. The largest absolute Gasteiger partial charge is 0.322 e. The molecule has 0 saturated carbocycles. The molecule has 6 heteroatoms. The zero-order valence-corrected chi connectivity index (χ0v) is 17.1. The fourth-order valence-corrected chi connectivity index (χ4v) is 5.37. The molecule has 0 aromatic heterocycles. The molecule has 1 amide bonds. The lowest BCUT2D eigenvalue weighted by Gasteiger charge is -2.24. The number of amides is 1. The highest BCUT2D eigenvalue weighted by molar-refractivity contribution is 7.92. The molecule has 1 atom stereocenters. The monoisotopic (exact) mass is 406 g/mol. The van der Waals surface area contributed by atoms with Crippen LogP contribution in [0.2, 0.25) is 0 Å². The number of nitrogens with zero attached hydrogens (tertiary/aromatic N) is 1. The molecular formula is C23H22N2O3S. The summed E-state index contributed by atoms with van der Waals surface area (Å²) in [7, 11) is -3.65. The van der Waals surface area contributed by atoms with Gasteiger partial charge in [-0.3, -0.25) is 9.10 Å². The summed E-state index contributed by atoms with van der Waals surface area (Å²) in [6, 6.07) is 21.0. The Morgan fingerprint density at radius 1 is 1.00 bits per heavy atom. The van der Waals surface area contributed by atoms with E-state index in [9.17, 15) is 13.2 Å². The van der Waals surface area contributed by atoms with Crippen molar-refractivity contribution in [2.75, 3.05) is 9.62 Å². The second-order valence-electron chi connectivity index (χ2n) is 7.33. The van der Waals surface area contributed by atoms with E-state index in [4.69, 9.17) is 0 Å². The zero-order chi connectivity index (χ0) is 20.6. The molecule has 0 spiro atoms. The number of hydrogen-bond acceptors (Lipinski definition) is 3. The number of sulfonamides is 1. The van der Waals surface area contributed by atoms with Crippen LogP contribution in [0.1, 0.15) is 28.4 Å². The van der Waals surface area contributed by atoms with Crippen LogP contribution in [0.15, 0.2) is 77.7 Å². The van der Waals surface area contributed by atoms with E-state index in [0.29, 0.717) is 17.7 Å². The summed E-state index contributed by atoms with van der Waals surface area (Å²) in [4.78, 5) is 12.9. The number of nitrogens with one attached hydrogen (secondary N) is 1. The lowest BCUT2D eigenvalue weighted by Crippen LogP contribution is -2.35. The van der Waals surface area contributed by atoms with Gasteiger partial charge >= 0.3 is 0 Å². The average molecular weight is 407 g/mol. The number of benzene rings is 3. The number of rotatable bonds is 4. The number of anilines is 2. The van der Waals surface area contributed by atoms with Gasteiger partial charge in [-0.2, -0.15) is 0 Å². The molecule has 3 aromatic carbocycles. The van der Waals surface area contributed by atoms with Crippen LogP contribution in [-0.2, 0) is 16.4 Å². The predicted molar refractivity (Wildman–Crippen MR) is 115 cm³/mol. The highest BCUT2D eigenvalue weighted by atomic mass is 32.2. The molecule has 148 valence electrons. The standard InChI is InChI=1S/C23H22N2O3S/c1-16-8-11-20(12-9-16)24-23(26)18-10-13-22-19(15-18)14-17(2)25(22)29(27,28)21-6-4-3-5-7-21/h3-13,15,17H,14H2,1-2H3,(H,24,26)/t17-/m1/s1. The Hall–Kier alpha value is -3.12. The summed E-state index contributed by atoms with van der Waals surface area (Å²) >= 11 is 0. The smallest absolute Gasteiger partial charge is 0.264 e. The van der Waals surface area contributed by atoms with Crippen LogP contribution in [0.4, 0.5) is 11.4 Å². The molecular weight excluding hydrogens is 384 g/mol. The number of aryl methyl sites for hydroxylation is 1. The SMILES string of the molecule is Cc1ccc(NC(=O)c2ccc3c(c2)C[C@@H](C)N3S(=O)(=O)c2ccccc2)cc1. The molecule has 4 rings (SSSR count). The first kappa shape index (κ1) is 19.2. The van der Waals surface area contributed by atoms with E-state index in [0.717, 1.165) is 16.8 Å². The molecule has 1 aliphatic rings. The first-order valence-corrected chi connectivity index (χ1v) is 10.9. The fourth-order valence-electron chi connectivity index (χ4n) is 3.66. The van der Waals surface area contributed by atoms with Gasteiger partial charge in [0.25, 0.3) is 15.9 Å². The maximum Gasteiger partial charge on any atom is 0.264 e. The third kappa shape index (κ3) is 3.63. The third-order valence-electron chi connectivity index (χ3n) is 5.10. The summed E-state index contributed by atoms with van der Waals surface area (Å²) < 4.78 is 27.7. The van der Waals surface area contributed by atoms with E-state index in [2.05, 4.69) is 5.32 Å². The number of fused-ring (bicyclic) bond motifs is 1. The van der Waals surface area contributed by atoms with Gasteiger partial charge in [-0.05, 0) is 68.3 Å². The van der Waals surface area contributed by atoms with E-state index in [-0.39, 0.29) is 16.8 Å². The van der Waals surface area contributed by atoms with Gasteiger partial charge in [-0.15, -0.1) is 0 Å². The lowest BCUT2D eigenvalue weighted by molar-refractivity contribution is 0.102. The van der Waals surface area contributed by atoms with Crippen LogP contribution in [0.5, 0.6) is 0 Å². The summed E-state index contributed by atoms with van der Waals surface area (Å²) in [5.41, 5.74) is 3.84. The maximum absolute atomic E-state index is 13.1. The summed E-state index contributed by atoms with van der Waals surface area (Å²) in [6.45, 7) is 3.87. The topological polar surface area (TPSA) is 66.5 Å². The Balaban J connectivity index is 1.62. The first-order chi connectivity index (χ1) is 13.9. The molecule has 0 bridgehead atoms. The van der Waals surface area contributed by atoms with Crippen LogP contribution in [0.3, 0.4) is 0 Å². The Bertz CT molecular complexity index is 1160. The minimum absolute atomic E-state index is 0.214. The maximum atomic E-state index is 13.1. The molecule has 0 fully saturated rings. The van der Waals surface area contributed by atoms with Gasteiger partial charge in [0.1, 0.15) is 0 Å². The lowest BCUT2D eigenvalue weighted by atomic mass is 10.1. The Morgan fingerprint density at radius 2 is 1.69 bits per heavy atom. The van der Waals surface area contributed by atoms with Gasteiger partial charge in [0, 0.05) is 17.3 Å². The minimum atomic E-state index is -3.65. The molecule has 1 aliphatic heterocycles. The zero-order valence-electron chi connectivity index (χ0n) is 16.3. The molecule has 0 aliphatic carbocycles. The molecule has 1 N–H and O–H groups in total. The van der Waals surface area contributed by atoms with Crippen molar-refractivity contribution < 1.29 is 13.2 Å². The molecule has 5 nitrogen and oxygen atoms in total. The second kappa shape index (κ2) is 7.37. The number of carbonyl (C=O) groups is 1. The van der Waals surface area contributed by atoms with Gasteiger partial charge < -0.3 is 5.32 Å². The average Bonchev–Trinajstić information content (AvgIpc) is 3.06. The van der Waals surface area contributed by atoms with Crippen LogP contribution in [-0.4, -0.2) is 20.4 Å². The quantitative estimate of drug-likeness (QED) is 0.699. The Labute approximate surface area is 171 Å². The fraction of sp³-hybridized carbons (Fsp3) is 0.174. The minimum Gasteiger partial charge on any atom is -0.322 e. The molecule has 0 saturated heterocycles. The van der Waals surface area contributed by atoms with E-state index in [1.54, 1.807) is 48.5 Å². The summed E-state index contributed by atoms with van der Waals surface area (Å²) in [6.07, 6.45) is 0.563. The molecule has 29 heavy (non-hydrogen) atoms. The number of carbonyl (C=O) groups excluding carboxylic acids is 1. The van der Waals surface area contributed by atoms with Crippen LogP contribution in [0.25, 0.3) is 0 Å². The van der Waals surface area contributed by atoms with Crippen LogP contribution >= 0.6 is 0 Å². The summed E-state index contributed by atoms with van der Waals surface area (Å²) in [5.74, 6) is -0.214. The van der Waals surface area contributed by atoms with Crippen LogP contribution < -0.4 is 9.62 Å². The van der Waals surface area contributed by atoms with Gasteiger partial charge in [0.2, 0.25) is 0 Å². The van der Waals surface area contributed by atoms with E-state index in [1.807, 2.05) is 38.1 Å². The normalized spacial score (nSPS) is 15.8. The number of hydrogen-bond donors (Lipinski definition) is 1. The summed E-state index contributed by atoms with van der Waals surface area (Å²) in [5, 5.41) is 2.88. The van der Waals surface area contributed by atoms with Gasteiger partial charge in [-0.25, -0.2) is 8.42 Å². The second-order valence-corrected chi connectivity index (χ2v) is 9.15. The van der Waals surface area contributed by atoms with E-state index >= 15 is 0 Å². The van der Waals surface area contributed by atoms with Crippen molar-refractivity contribution in [1.29, 1.82) is 0 Å². The van der Waals surface area contributed by atoms with Gasteiger partial charge in [0.05, 0.1) is 10.6 Å². The van der Waals surface area contributed by atoms with Crippen LogP contribution in [0, 0.1) is 6.92 Å². The highest BCUT2D eigenvalue weighted by Gasteiger charge is 2.36. The molecule has 1 heterocycles. The molecule has 3 aromatic rings. The van der Waals surface area contributed by atoms with Crippen molar-refractivity contribution in [2.24, 2.45) is 0 Å². The van der Waals surface area contributed by atoms with Gasteiger partial charge in [-0.1, -0.05) is 35.9 Å². The van der Waals surface area contributed by atoms with Crippen molar-refractivity contribution in [3.63, 3.8) is 0 Å². The Morgan fingerprint density at radius 3 is 2.38 bits per heavy atom. The third-order valence-corrected chi connectivity index (χ3v) is 7.05. The molecule has 0 unspecified atom stereocenters. The Kier molecular flexibility index (Phi) is 4.88. The van der Waals surface area contributed by atoms with E-state index < -0.39 is 10.0 Å². The highest BCUT2D eigenvalue weighted by Crippen LogP contribution is 2.37. The first-order valence-electron chi connectivity index (χ1n) is 9.47. The van der Waals surface area contributed by atoms with Crippen molar-refractivity contribution in [2.45, 2.75) is 31.2 Å². The van der Waals surface area contributed by atoms with Crippen molar-refractivity contribution in [1.82, 2.24) is 0 Å². The van der Waals surface area contributed by atoms with Gasteiger partial charge in [0.15, 0.2) is 0 Å². The van der Waals surface area contributed by atoms with E-state index in [1.165, 1.54) is 4.31 Å². The predicted octanol–water partition coefficient (Wildman–Crippen LogP) is 4.39.